The standard InChI is InChI=1S/C14H18FN/c1-4-11-6-7-14(15)13(9-11)10(3)8-12(16)5-2/h6-9,16H,4-5H2,1-3H3/b10-8+,16-12?. The number of hydrogen-bond donors (Lipinski definition) is 1. The minimum Gasteiger partial charge on any atom is -0.305 e. The summed E-state index contributed by atoms with van der Waals surface area (Å²) >= 11 is 0. The van der Waals surface area contributed by atoms with Crippen molar-refractivity contribution >= 4 is 11.3 Å². The molecule has 0 bridgehead atoms. The zero-order chi connectivity index (χ0) is 12.1. The Bertz CT molecular complexity index is 419. The molecule has 0 aliphatic rings. The van der Waals surface area contributed by atoms with Gasteiger partial charge in [-0.15, -0.1) is 0 Å². The third-order valence-corrected chi connectivity index (χ3v) is 2.64. The first kappa shape index (κ1) is 12.6. The van der Waals surface area contributed by atoms with Gasteiger partial charge >= 0.3 is 0 Å². The molecule has 1 nitrogen and oxygen atoms in total. The molecular weight excluding hydrogens is 201 g/mol. The Labute approximate surface area is 96.5 Å². The Balaban J connectivity index is 3.11. The maximum absolute atomic E-state index is 13.6. The van der Waals surface area contributed by atoms with Gasteiger partial charge in [0.25, 0.3) is 0 Å². The van der Waals surface area contributed by atoms with Crippen molar-refractivity contribution in [3.63, 3.8) is 0 Å². The highest BCUT2D eigenvalue weighted by molar-refractivity contribution is 5.98. The smallest absolute Gasteiger partial charge is 0.130 e. The van der Waals surface area contributed by atoms with Gasteiger partial charge in [0, 0.05) is 11.3 Å². The fraction of sp³-hybridized carbons (Fsp3) is 0.357. The predicted molar refractivity (Wildman–Crippen MR) is 67.4 cm³/mol. The van der Waals surface area contributed by atoms with Crippen LogP contribution in [0, 0.1) is 11.2 Å². The number of nitrogens with one attached hydrogen (secondary N) is 1. The Hall–Kier alpha value is -1.44. The molecule has 1 N–H and O–H groups in total. The van der Waals surface area contributed by atoms with Crippen LogP contribution in [0.4, 0.5) is 4.39 Å². The summed E-state index contributed by atoms with van der Waals surface area (Å²) in [5, 5.41) is 7.59. The summed E-state index contributed by atoms with van der Waals surface area (Å²) in [6, 6.07) is 5.17. The lowest BCUT2D eigenvalue weighted by atomic mass is 10.0. The van der Waals surface area contributed by atoms with Gasteiger partial charge in [0.1, 0.15) is 5.82 Å². The number of rotatable bonds is 4. The zero-order valence-electron chi connectivity index (χ0n) is 10.1. The lowest BCUT2D eigenvalue weighted by Crippen LogP contribution is -1.94. The summed E-state index contributed by atoms with van der Waals surface area (Å²) < 4.78 is 13.6. The molecule has 0 fully saturated rings. The van der Waals surface area contributed by atoms with E-state index < -0.39 is 0 Å². The maximum Gasteiger partial charge on any atom is 0.130 e. The normalized spacial score (nSPS) is 11.6. The highest BCUT2D eigenvalue weighted by Crippen LogP contribution is 2.20. The van der Waals surface area contributed by atoms with E-state index in [1.54, 1.807) is 12.1 Å². The van der Waals surface area contributed by atoms with Crippen molar-refractivity contribution in [2.45, 2.75) is 33.6 Å². The van der Waals surface area contributed by atoms with Gasteiger partial charge in [0.05, 0.1) is 0 Å². The van der Waals surface area contributed by atoms with Crippen LogP contribution >= 0.6 is 0 Å². The lowest BCUT2D eigenvalue weighted by Gasteiger charge is -2.06. The second kappa shape index (κ2) is 5.59. The van der Waals surface area contributed by atoms with E-state index in [0.29, 0.717) is 17.7 Å². The van der Waals surface area contributed by atoms with Gasteiger partial charge in [-0.1, -0.05) is 19.9 Å². The molecule has 0 aliphatic carbocycles. The van der Waals surface area contributed by atoms with Gasteiger partial charge in [-0.2, -0.15) is 0 Å². The van der Waals surface area contributed by atoms with Crippen molar-refractivity contribution in [2.75, 3.05) is 0 Å². The summed E-state index contributed by atoms with van der Waals surface area (Å²) in [5.74, 6) is -0.213. The van der Waals surface area contributed by atoms with Crippen LogP contribution in [0.2, 0.25) is 0 Å². The third-order valence-electron chi connectivity index (χ3n) is 2.64. The highest BCUT2D eigenvalue weighted by atomic mass is 19.1. The van der Waals surface area contributed by atoms with E-state index >= 15 is 0 Å². The van der Waals surface area contributed by atoms with Crippen molar-refractivity contribution in [1.82, 2.24) is 0 Å². The molecule has 0 aromatic heterocycles. The molecule has 0 atom stereocenters. The van der Waals surface area contributed by atoms with Crippen molar-refractivity contribution in [3.05, 3.63) is 41.2 Å². The molecule has 0 aliphatic heterocycles. The summed E-state index contributed by atoms with van der Waals surface area (Å²) in [6.45, 7) is 5.82. The number of benzene rings is 1. The molecule has 1 rings (SSSR count). The van der Waals surface area contributed by atoms with Crippen molar-refractivity contribution in [1.29, 1.82) is 5.41 Å². The molecule has 0 unspecified atom stereocenters. The molecule has 0 spiro atoms. The Kier molecular flexibility index (Phi) is 4.41. The Morgan fingerprint density at radius 3 is 2.62 bits per heavy atom. The molecule has 0 radical (unpaired) electrons. The second-order valence-electron chi connectivity index (χ2n) is 3.87. The Morgan fingerprint density at radius 1 is 1.38 bits per heavy atom. The van der Waals surface area contributed by atoms with Crippen LogP contribution in [0.15, 0.2) is 24.3 Å². The Morgan fingerprint density at radius 2 is 2.06 bits per heavy atom. The number of hydrogen-bond acceptors (Lipinski definition) is 1. The van der Waals surface area contributed by atoms with E-state index in [2.05, 4.69) is 0 Å². The molecule has 2 heteroatoms. The van der Waals surface area contributed by atoms with E-state index in [1.165, 1.54) is 6.07 Å². The van der Waals surface area contributed by atoms with E-state index in [1.807, 2.05) is 26.8 Å². The fourth-order valence-electron chi connectivity index (χ4n) is 1.54. The molecule has 1 aromatic carbocycles. The summed E-state index contributed by atoms with van der Waals surface area (Å²) in [4.78, 5) is 0. The average molecular weight is 219 g/mol. The van der Waals surface area contributed by atoms with Gasteiger partial charge in [0.2, 0.25) is 0 Å². The van der Waals surface area contributed by atoms with Gasteiger partial charge in [-0.3, -0.25) is 0 Å². The minimum atomic E-state index is -0.213. The van der Waals surface area contributed by atoms with E-state index in [0.717, 1.165) is 17.6 Å². The van der Waals surface area contributed by atoms with Gasteiger partial charge < -0.3 is 5.41 Å². The predicted octanol–water partition coefficient (Wildman–Crippen LogP) is 4.22. The molecule has 0 amide bonds. The van der Waals surface area contributed by atoms with Crippen LogP contribution in [0.3, 0.4) is 0 Å². The van der Waals surface area contributed by atoms with Crippen LogP contribution in [0.25, 0.3) is 5.57 Å². The lowest BCUT2D eigenvalue weighted by molar-refractivity contribution is 0.623. The zero-order valence-corrected chi connectivity index (χ0v) is 10.1. The average Bonchev–Trinajstić information content (AvgIpc) is 2.29. The van der Waals surface area contributed by atoms with Crippen molar-refractivity contribution < 1.29 is 4.39 Å². The SMILES string of the molecule is CCC(=N)/C=C(\C)c1cc(CC)ccc1F. The maximum atomic E-state index is 13.6. The van der Waals surface area contributed by atoms with Crippen LogP contribution in [-0.2, 0) is 6.42 Å². The quantitative estimate of drug-likeness (QED) is 0.733. The van der Waals surface area contributed by atoms with E-state index in [4.69, 9.17) is 5.41 Å². The van der Waals surface area contributed by atoms with Gasteiger partial charge in [0.15, 0.2) is 0 Å². The van der Waals surface area contributed by atoms with E-state index in [-0.39, 0.29) is 5.82 Å². The fourth-order valence-corrected chi connectivity index (χ4v) is 1.54. The van der Waals surface area contributed by atoms with Crippen molar-refractivity contribution in [3.8, 4) is 0 Å². The number of allylic oxidation sites excluding steroid dienone is 2. The largest absolute Gasteiger partial charge is 0.305 e. The second-order valence-corrected chi connectivity index (χ2v) is 3.87. The first-order valence-electron chi connectivity index (χ1n) is 5.63. The molecule has 1 aromatic rings. The minimum absolute atomic E-state index is 0.213. The van der Waals surface area contributed by atoms with Crippen molar-refractivity contribution in [2.24, 2.45) is 0 Å². The first-order valence-corrected chi connectivity index (χ1v) is 5.63. The highest BCUT2D eigenvalue weighted by Gasteiger charge is 2.05. The molecular formula is C14H18FN. The van der Waals surface area contributed by atoms with Crippen LogP contribution in [0.1, 0.15) is 38.3 Å². The summed E-state index contributed by atoms with van der Waals surface area (Å²) in [7, 11) is 0. The molecule has 0 saturated heterocycles. The van der Waals surface area contributed by atoms with Gasteiger partial charge in [-0.25, -0.2) is 4.39 Å². The molecule has 0 heterocycles. The van der Waals surface area contributed by atoms with Crippen LogP contribution in [0.5, 0.6) is 0 Å². The summed E-state index contributed by atoms with van der Waals surface area (Å²) in [6.07, 6.45) is 3.30. The third kappa shape index (κ3) is 3.02. The molecule has 86 valence electrons. The van der Waals surface area contributed by atoms with E-state index in [9.17, 15) is 4.39 Å². The van der Waals surface area contributed by atoms with Gasteiger partial charge in [-0.05, 0) is 49.1 Å². The first-order chi connectivity index (χ1) is 7.58. The number of halogens is 1. The number of aryl methyl sites for hydroxylation is 1. The molecule has 16 heavy (non-hydrogen) atoms. The van der Waals surface area contributed by atoms with Crippen LogP contribution < -0.4 is 0 Å². The monoisotopic (exact) mass is 219 g/mol. The topological polar surface area (TPSA) is 23.9 Å². The van der Waals surface area contributed by atoms with Crippen LogP contribution in [-0.4, -0.2) is 5.71 Å². The summed E-state index contributed by atoms with van der Waals surface area (Å²) in [5.41, 5.74) is 3.07. The molecule has 0 saturated carbocycles.